The van der Waals surface area contributed by atoms with Gasteiger partial charge in [0.05, 0.1) is 5.56 Å². The van der Waals surface area contributed by atoms with Crippen molar-refractivity contribution in [1.29, 1.82) is 0 Å². The molecule has 0 unspecified atom stereocenters. The Morgan fingerprint density at radius 1 is 1.20 bits per heavy atom. The van der Waals surface area contributed by atoms with Crippen LogP contribution in [0.3, 0.4) is 0 Å². The third kappa shape index (κ3) is 1.88. The molecule has 0 bridgehead atoms. The molecular weight excluding hydrogens is 194 g/mol. The first-order valence-corrected chi connectivity index (χ1v) is 4.89. The molecule has 0 heterocycles. The molecule has 0 aliphatic heterocycles. The van der Waals surface area contributed by atoms with Crippen molar-refractivity contribution >= 4 is 5.91 Å². The molecular formula is C11H15NO3. The standard InChI is InChI=1S/C11H15NO3/c1-3-6-8(13)5-9(14)7(4-2)10(6)11(12)15/h5,13-14H,3-4H2,1-2H3,(H2,12,15). The van der Waals surface area contributed by atoms with E-state index in [1.54, 1.807) is 0 Å². The van der Waals surface area contributed by atoms with Gasteiger partial charge in [-0.25, -0.2) is 0 Å². The minimum Gasteiger partial charge on any atom is -0.508 e. The fraction of sp³-hybridized carbons (Fsp3) is 0.364. The van der Waals surface area contributed by atoms with Crippen LogP contribution in [0.25, 0.3) is 0 Å². The Hall–Kier alpha value is -1.71. The highest BCUT2D eigenvalue weighted by Gasteiger charge is 2.18. The van der Waals surface area contributed by atoms with E-state index in [0.29, 0.717) is 24.0 Å². The van der Waals surface area contributed by atoms with Gasteiger partial charge in [0.25, 0.3) is 0 Å². The molecule has 1 amide bonds. The van der Waals surface area contributed by atoms with Crippen molar-refractivity contribution in [2.45, 2.75) is 26.7 Å². The molecule has 15 heavy (non-hydrogen) atoms. The van der Waals surface area contributed by atoms with Gasteiger partial charge in [-0.2, -0.15) is 0 Å². The zero-order valence-electron chi connectivity index (χ0n) is 8.87. The smallest absolute Gasteiger partial charge is 0.249 e. The van der Waals surface area contributed by atoms with Crippen LogP contribution in [0.5, 0.6) is 11.5 Å². The molecule has 4 N–H and O–H groups in total. The SMILES string of the molecule is CCc1c(O)cc(O)c(CC)c1C(N)=O. The van der Waals surface area contributed by atoms with Crippen LogP contribution in [-0.4, -0.2) is 16.1 Å². The van der Waals surface area contributed by atoms with Gasteiger partial charge in [-0.3, -0.25) is 4.79 Å². The molecule has 0 spiro atoms. The van der Waals surface area contributed by atoms with Gasteiger partial charge in [-0.1, -0.05) is 13.8 Å². The minimum absolute atomic E-state index is 0.0824. The van der Waals surface area contributed by atoms with Crippen LogP contribution in [0, 0.1) is 0 Å². The lowest BCUT2D eigenvalue weighted by atomic mass is 9.95. The second kappa shape index (κ2) is 4.21. The summed E-state index contributed by atoms with van der Waals surface area (Å²) in [5.41, 5.74) is 6.49. The quantitative estimate of drug-likeness (QED) is 0.702. The van der Waals surface area contributed by atoms with E-state index in [-0.39, 0.29) is 17.1 Å². The Kier molecular flexibility index (Phi) is 3.19. The van der Waals surface area contributed by atoms with Crippen molar-refractivity contribution in [2.24, 2.45) is 5.73 Å². The van der Waals surface area contributed by atoms with Crippen LogP contribution < -0.4 is 5.73 Å². The number of benzene rings is 1. The average Bonchev–Trinajstić information content (AvgIpc) is 2.16. The molecule has 0 aromatic heterocycles. The lowest BCUT2D eigenvalue weighted by Crippen LogP contribution is -2.16. The predicted octanol–water partition coefficient (Wildman–Crippen LogP) is 1.32. The topological polar surface area (TPSA) is 83.6 Å². The summed E-state index contributed by atoms with van der Waals surface area (Å²) in [6, 6.07) is 1.25. The fourth-order valence-electron chi connectivity index (χ4n) is 1.76. The van der Waals surface area contributed by atoms with E-state index in [2.05, 4.69) is 0 Å². The number of phenols is 2. The Balaban J connectivity index is 3.58. The van der Waals surface area contributed by atoms with E-state index in [0.717, 1.165) is 0 Å². The number of hydrogen-bond acceptors (Lipinski definition) is 3. The highest BCUT2D eigenvalue weighted by molar-refractivity contribution is 5.97. The Bertz CT molecular complexity index is 371. The monoisotopic (exact) mass is 209 g/mol. The van der Waals surface area contributed by atoms with Gasteiger partial charge in [0, 0.05) is 17.2 Å². The van der Waals surface area contributed by atoms with Gasteiger partial charge < -0.3 is 15.9 Å². The summed E-state index contributed by atoms with van der Waals surface area (Å²) in [6.07, 6.45) is 0.995. The van der Waals surface area contributed by atoms with Gasteiger partial charge in [0.15, 0.2) is 0 Å². The van der Waals surface area contributed by atoms with E-state index in [1.807, 2.05) is 13.8 Å². The molecule has 0 fully saturated rings. The zero-order chi connectivity index (χ0) is 11.6. The molecule has 1 rings (SSSR count). The summed E-state index contributed by atoms with van der Waals surface area (Å²) in [4.78, 5) is 11.3. The highest BCUT2D eigenvalue weighted by Crippen LogP contribution is 2.32. The summed E-state index contributed by atoms with van der Waals surface area (Å²) < 4.78 is 0. The minimum atomic E-state index is -0.616. The van der Waals surface area contributed by atoms with Crippen LogP contribution in [0.1, 0.15) is 35.3 Å². The van der Waals surface area contributed by atoms with Gasteiger partial charge >= 0.3 is 0 Å². The first-order valence-electron chi connectivity index (χ1n) is 4.89. The summed E-state index contributed by atoms with van der Waals surface area (Å²) in [5.74, 6) is -0.781. The van der Waals surface area contributed by atoms with Crippen LogP contribution in [0.4, 0.5) is 0 Å². The molecule has 4 nitrogen and oxygen atoms in total. The van der Waals surface area contributed by atoms with E-state index in [4.69, 9.17) is 5.73 Å². The molecule has 0 atom stereocenters. The molecule has 0 saturated carbocycles. The van der Waals surface area contributed by atoms with E-state index in [1.165, 1.54) is 6.07 Å². The molecule has 1 aromatic rings. The maximum absolute atomic E-state index is 11.3. The van der Waals surface area contributed by atoms with Gasteiger partial charge in [-0.15, -0.1) is 0 Å². The summed E-state index contributed by atoms with van der Waals surface area (Å²) in [6.45, 7) is 3.63. The number of phenolic OH excluding ortho intramolecular Hbond substituents is 2. The maximum Gasteiger partial charge on any atom is 0.249 e. The maximum atomic E-state index is 11.3. The number of rotatable bonds is 3. The van der Waals surface area contributed by atoms with E-state index >= 15 is 0 Å². The van der Waals surface area contributed by atoms with Crippen molar-refractivity contribution in [1.82, 2.24) is 0 Å². The largest absolute Gasteiger partial charge is 0.508 e. The van der Waals surface area contributed by atoms with Gasteiger partial charge in [0.1, 0.15) is 11.5 Å². The van der Waals surface area contributed by atoms with Crippen LogP contribution in [-0.2, 0) is 12.8 Å². The molecule has 4 heteroatoms. The third-order valence-corrected chi connectivity index (χ3v) is 2.45. The number of amides is 1. The number of primary amides is 1. The highest BCUT2D eigenvalue weighted by atomic mass is 16.3. The Labute approximate surface area is 88.3 Å². The van der Waals surface area contributed by atoms with Crippen molar-refractivity contribution in [3.05, 3.63) is 22.8 Å². The van der Waals surface area contributed by atoms with Crippen molar-refractivity contribution in [2.75, 3.05) is 0 Å². The van der Waals surface area contributed by atoms with Crippen molar-refractivity contribution in [3.8, 4) is 11.5 Å². The summed E-state index contributed by atoms with van der Waals surface area (Å²) in [7, 11) is 0. The predicted molar refractivity (Wildman–Crippen MR) is 57.0 cm³/mol. The Morgan fingerprint density at radius 2 is 1.60 bits per heavy atom. The van der Waals surface area contributed by atoms with Crippen LogP contribution in [0.15, 0.2) is 6.07 Å². The number of hydrogen-bond donors (Lipinski definition) is 3. The normalized spacial score (nSPS) is 10.3. The van der Waals surface area contributed by atoms with Crippen LogP contribution >= 0.6 is 0 Å². The van der Waals surface area contributed by atoms with E-state index in [9.17, 15) is 15.0 Å². The lowest BCUT2D eigenvalue weighted by molar-refractivity contribution is 0.0997. The number of carbonyl (C=O) groups excluding carboxylic acids is 1. The summed E-state index contributed by atoms with van der Waals surface area (Å²) >= 11 is 0. The van der Waals surface area contributed by atoms with Crippen molar-refractivity contribution in [3.63, 3.8) is 0 Å². The second-order valence-corrected chi connectivity index (χ2v) is 3.32. The number of carbonyl (C=O) groups is 1. The average molecular weight is 209 g/mol. The molecule has 82 valence electrons. The van der Waals surface area contributed by atoms with Crippen LogP contribution in [0.2, 0.25) is 0 Å². The number of aromatic hydroxyl groups is 2. The molecule has 0 radical (unpaired) electrons. The third-order valence-electron chi connectivity index (χ3n) is 2.45. The molecule has 1 aromatic carbocycles. The zero-order valence-corrected chi connectivity index (χ0v) is 8.87. The molecule has 0 aliphatic carbocycles. The summed E-state index contributed by atoms with van der Waals surface area (Å²) in [5, 5.41) is 19.1. The second-order valence-electron chi connectivity index (χ2n) is 3.32. The lowest BCUT2D eigenvalue weighted by Gasteiger charge is -2.13. The van der Waals surface area contributed by atoms with Crippen molar-refractivity contribution < 1.29 is 15.0 Å². The first-order chi connectivity index (χ1) is 7.02. The van der Waals surface area contributed by atoms with Gasteiger partial charge in [0.2, 0.25) is 5.91 Å². The number of nitrogens with two attached hydrogens (primary N) is 1. The van der Waals surface area contributed by atoms with E-state index < -0.39 is 5.91 Å². The van der Waals surface area contributed by atoms with Gasteiger partial charge in [-0.05, 0) is 12.8 Å². The Morgan fingerprint density at radius 3 is 1.87 bits per heavy atom. The molecule has 0 aliphatic rings. The fourth-order valence-corrected chi connectivity index (χ4v) is 1.76. The first kappa shape index (κ1) is 11.4. The molecule has 0 saturated heterocycles.